The summed E-state index contributed by atoms with van der Waals surface area (Å²) >= 11 is 3.57. The van der Waals surface area contributed by atoms with E-state index in [2.05, 4.69) is 11.0 Å². The van der Waals surface area contributed by atoms with E-state index in [9.17, 15) is 4.79 Å². The van der Waals surface area contributed by atoms with Crippen LogP contribution < -0.4 is 5.73 Å². The minimum atomic E-state index is -0.338. The lowest BCUT2D eigenvalue weighted by atomic mass is 9.97. The highest BCUT2D eigenvalue weighted by Gasteiger charge is 2.25. The van der Waals surface area contributed by atoms with Crippen molar-refractivity contribution in [1.29, 1.82) is 5.26 Å². The second-order valence-corrected chi connectivity index (χ2v) is 10.3. The quantitative estimate of drug-likeness (QED) is 0.660. The van der Waals surface area contributed by atoms with Crippen LogP contribution in [-0.2, 0) is 4.79 Å². The standard InChI is InChI=1S/C22H29N5OS2/c23-14-16-4-5-20-19(13-16)25-21(30-20)17-6-9-26(10-7-17)8-2-1-3-18(24)22(28)27-11-12-29-15-27/h4-5,13,17-18H,1-3,6-12,15,24H2. The Hall–Kier alpha value is -1.66. The van der Waals surface area contributed by atoms with Crippen LogP contribution in [-0.4, -0.2) is 64.5 Å². The zero-order chi connectivity index (χ0) is 20.9. The molecule has 2 aliphatic rings. The summed E-state index contributed by atoms with van der Waals surface area (Å²) in [7, 11) is 0. The lowest BCUT2D eigenvalue weighted by molar-refractivity contribution is -0.131. The van der Waals surface area contributed by atoms with E-state index < -0.39 is 0 Å². The Morgan fingerprint density at radius 1 is 1.30 bits per heavy atom. The first-order valence-corrected chi connectivity index (χ1v) is 12.8. The Morgan fingerprint density at radius 3 is 2.87 bits per heavy atom. The molecule has 1 aromatic carbocycles. The third kappa shape index (κ3) is 5.14. The van der Waals surface area contributed by atoms with Gasteiger partial charge >= 0.3 is 0 Å². The number of fused-ring (bicyclic) bond motifs is 1. The van der Waals surface area contributed by atoms with E-state index in [0.717, 1.165) is 75.4 Å². The molecule has 160 valence electrons. The van der Waals surface area contributed by atoms with Gasteiger partial charge in [0.25, 0.3) is 0 Å². The maximum absolute atomic E-state index is 12.3. The molecule has 0 radical (unpaired) electrons. The molecule has 1 atom stereocenters. The van der Waals surface area contributed by atoms with Crippen molar-refractivity contribution in [3.63, 3.8) is 0 Å². The lowest BCUT2D eigenvalue weighted by Crippen LogP contribution is -2.42. The van der Waals surface area contributed by atoms with Gasteiger partial charge in [-0.05, 0) is 63.5 Å². The van der Waals surface area contributed by atoms with Crippen molar-refractivity contribution in [2.75, 3.05) is 37.8 Å². The van der Waals surface area contributed by atoms with Crippen LogP contribution in [0, 0.1) is 11.3 Å². The van der Waals surface area contributed by atoms with E-state index in [4.69, 9.17) is 16.0 Å². The van der Waals surface area contributed by atoms with Gasteiger partial charge in [-0.25, -0.2) is 4.98 Å². The average molecular weight is 444 g/mol. The third-order valence-corrected chi connectivity index (χ3v) is 8.26. The number of thioether (sulfide) groups is 1. The first-order chi connectivity index (χ1) is 14.6. The Bertz CT molecular complexity index is 910. The van der Waals surface area contributed by atoms with Gasteiger partial charge in [-0.2, -0.15) is 5.26 Å². The van der Waals surface area contributed by atoms with Crippen LogP contribution in [0.4, 0.5) is 0 Å². The van der Waals surface area contributed by atoms with Crippen molar-refractivity contribution in [2.24, 2.45) is 5.73 Å². The fourth-order valence-electron chi connectivity index (χ4n) is 4.24. The average Bonchev–Trinajstić information content (AvgIpc) is 3.46. The maximum Gasteiger partial charge on any atom is 0.240 e. The molecule has 0 bridgehead atoms. The Morgan fingerprint density at radius 2 is 2.13 bits per heavy atom. The monoisotopic (exact) mass is 443 g/mol. The van der Waals surface area contributed by atoms with E-state index >= 15 is 0 Å². The minimum Gasteiger partial charge on any atom is -0.331 e. The fraction of sp³-hybridized carbons (Fsp3) is 0.591. The molecule has 1 amide bonds. The van der Waals surface area contributed by atoms with Gasteiger partial charge in [0.2, 0.25) is 5.91 Å². The van der Waals surface area contributed by atoms with Crippen LogP contribution in [0.2, 0.25) is 0 Å². The number of aromatic nitrogens is 1. The van der Waals surface area contributed by atoms with Gasteiger partial charge < -0.3 is 15.5 Å². The van der Waals surface area contributed by atoms with Gasteiger partial charge in [0.15, 0.2) is 0 Å². The highest BCUT2D eigenvalue weighted by molar-refractivity contribution is 7.99. The highest BCUT2D eigenvalue weighted by atomic mass is 32.2. The first kappa shape index (κ1) is 21.6. The number of rotatable bonds is 7. The van der Waals surface area contributed by atoms with Gasteiger partial charge in [-0.1, -0.05) is 6.42 Å². The first-order valence-electron chi connectivity index (χ1n) is 10.8. The van der Waals surface area contributed by atoms with Crippen LogP contribution in [0.25, 0.3) is 10.2 Å². The molecule has 30 heavy (non-hydrogen) atoms. The summed E-state index contributed by atoms with van der Waals surface area (Å²) < 4.78 is 1.17. The van der Waals surface area contributed by atoms with Crippen LogP contribution in [0.3, 0.4) is 0 Å². The fourth-order valence-corrected chi connectivity index (χ4v) is 6.31. The van der Waals surface area contributed by atoms with Crippen molar-refractivity contribution >= 4 is 39.2 Å². The smallest absolute Gasteiger partial charge is 0.240 e. The van der Waals surface area contributed by atoms with Gasteiger partial charge in [0.1, 0.15) is 0 Å². The second kappa shape index (κ2) is 10.1. The number of nitriles is 1. The van der Waals surface area contributed by atoms with Crippen LogP contribution >= 0.6 is 23.1 Å². The van der Waals surface area contributed by atoms with Crippen molar-refractivity contribution in [1.82, 2.24) is 14.8 Å². The number of nitrogens with two attached hydrogens (primary N) is 1. The molecule has 2 fully saturated rings. The molecule has 2 aliphatic heterocycles. The van der Waals surface area contributed by atoms with Crippen LogP contribution in [0.15, 0.2) is 18.2 Å². The predicted octanol–water partition coefficient (Wildman–Crippen LogP) is 3.38. The molecule has 4 rings (SSSR count). The lowest BCUT2D eigenvalue weighted by Gasteiger charge is -2.31. The molecule has 6 nitrogen and oxygen atoms in total. The second-order valence-electron chi connectivity index (χ2n) is 8.20. The summed E-state index contributed by atoms with van der Waals surface area (Å²) in [5.41, 5.74) is 7.74. The molecule has 3 heterocycles. The number of benzene rings is 1. The number of thiazole rings is 1. The van der Waals surface area contributed by atoms with Gasteiger partial charge in [-0.3, -0.25) is 4.79 Å². The number of hydrogen-bond acceptors (Lipinski definition) is 7. The summed E-state index contributed by atoms with van der Waals surface area (Å²) in [5, 5.41) is 10.3. The Balaban J connectivity index is 1.18. The molecule has 2 N–H and O–H groups in total. The number of hydrogen-bond donors (Lipinski definition) is 1. The third-order valence-electron chi connectivity index (χ3n) is 6.09. The van der Waals surface area contributed by atoms with E-state index in [1.165, 1.54) is 9.71 Å². The van der Waals surface area contributed by atoms with Gasteiger partial charge in [-0.15, -0.1) is 23.1 Å². The van der Waals surface area contributed by atoms with Crippen LogP contribution in [0.1, 0.15) is 48.6 Å². The molecule has 1 aromatic heterocycles. The zero-order valence-corrected chi connectivity index (χ0v) is 18.9. The Labute approximate surface area is 186 Å². The molecular formula is C22H29N5OS2. The largest absolute Gasteiger partial charge is 0.331 e. The number of nitrogens with zero attached hydrogens (tertiary/aromatic N) is 4. The summed E-state index contributed by atoms with van der Waals surface area (Å²) in [5.74, 6) is 2.48. The Kier molecular flexibility index (Phi) is 7.26. The van der Waals surface area contributed by atoms with Crippen LogP contribution in [0.5, 0.6) is 0 Å². The van der Waals surface area contributed by atoms with Gasteiger partial charge in [0, 0.05) is 18.2 Å². The van der Waals surface area contributed by atoms with E-state index in [1.54, 1.807) is 23.1 Å². The SMILES string of the molecule is N#Cc1ccc2sc(C3CCN(CCCCC(N)C(=O)N4CCSC4)CC3)nc2c1. The number of likely N-dealkylation sites (tertiary alicyclic amines) is 1. The molecule has 1 unspecified atom stereocenters. The molecule has 0 saturated carbocycles. The summed E-state index contributed by atoms with van der Waals surface area (Å²) in [6.07, 6.45) is 5.16. The number of piperidine rings is 1. The van der Waals surface area contributed by atoms with Crippen molar-refractivity contribution in [3.05, 3.63) is 28.8 Å². The minimum absolute atomic E-state index is 0.124. The molecule has 2 aromatic rings. The number of carbonyl (C=O) groups is 1. The molecule has 0 spiro atoms. The summed E-state index contributed by atoms with van der Waals surface area (Å²) in [6, 6.07) is 7.63. The topological polar surface area (TPSA) is 86.2 Å². The summed E-state index contributed by atoms with van der Waals surface area (Å²) in [6.45, 7) is 4.12. The van der Waals surface area contributed by atoms with Crippen molar-refractivity contribution < 1.29 is 4.79 Å². The molecule has 0 aliphatic carbocycles. The van der Waals surface area contributed by atoms with Crippen molar-refractivity contribution in [2.45, 2.75) is 44.1 Å². The predicted molar refractivity (Wildman–Crippen MR) is 124 cm³/mol. The normalized spacial score (nSPS) is 19.3. The zero-order valence-electron chi connectivity index (χ0n) is 17.3. The molecular weight excluding hydrogens is 414 g/mol. The molecule has 2 saturated heterocycles. The number of carbonyl (C=O) groups excluding carboxylic acids is 1. The van der Waals surface area contributed by atoms with E-state index in [0.29, 0.717) is 11.5 Å². The highest BCUT2D eigenvalue weighted by Crippen LogP contribution is 2.34. The van der Waals surface area contributed by atoms with E-state index in [-0.39, 0.29) is 11.9 Å². The number of amides is 1. The van der Waals surface area contributed by atoms with E-state index in [1.807, 2.05) is 23.1 Å². The summed E-state index contributed by atoms with van der Waals surface area (Å²) in [4.78, 5) is 21.5. The number of unbranched alkanes of at least 4 members (excludes halogenated alkanes) is 1. The maximum atomic E-state index is 12.3. The van der Waals surface area contributed by atoms with Gasteiger partial charge in [0.05, 0.1) is 38.8 Å². The van der Waals surface area contributed by atoms with Crippen molar-refractivity contribution in [3.8, 4) is 6.07 Å². The molecule has 8 heteroatoms.